The first-order valence-electron chi connectivity index (χ1n) is 7.41. The molecule has 4 rings (SSSR count). The molecule has 0 saturated carbocycles. The summed E-state index contributed by atoms with van der Waals surface area (Å²) in [6, 6.07) is 12.0. The number of benzene rings is 1. The topological polar surface area (TPSA) is 68.5 Å². The van der Waals surface area contributed by atoms with Crippen LogP contribution in [0.2, 0.25) is 0 Å². The number of aromatic nitrogens is 5. The normalized spacial score (nSPS) is 10.7. The number of hydrogen-bond acceptors (Lipinski definition) is 6. The SMILES string of the molecule is Cc1cccc(-c2nsc(Nc3cnn(-c4ccncc4)c3)n2)c1. The standard InChI is InChI=1S/C17H14N6S/c1-12-3-2-4-13(9-12)16-21-17(24-22-16)20-14-10-19-23(11-14)15-5-7-18-8-6-15/h2-11H,1H3,(H,20,21,22). The molecule has 0 amide bonds. The van der Waals surface area contributed by atoms with Crippen LogP contribution in [0.5, 0.6) is 0 Å². The van der Waals surface area contributed by atoms with Crippen molar-refractivity contribution in [2.75, 3.05) is 5.32 Å². The Hall–Kier alpha value is -3.06. The van der Waals surface area contributed by atoms with Crippen LogP contribution in [0.1, 0.15) is 5.56 Å². The van der Waals surface area contributed by atoms with E-state index in [1.165, 1.54) is 17.1 Å². The summed E-state index contributed by atoms with van der Waals surface area (Å²) in [7, 11) is 0. The molecule has 0 aliphatic rings. The lowest BCUT2D eigenvalue weighted by molar-refractivity contribution is 0.878. The Kier molecular flexibility index (Phi) is 3.76. The van der Waals surface area contributed by atoms with Crippen LogP contribution in [0.25, 0.3) is 17.1 Å². The van der Waals surface area contributed by atoms with Gasteiger partial charge in [-0.2, -0.15) is 14.5 Å². The highest BCUT2D eigenvalue weighted by Crippen LogP contribution is 2.24. The molecule has 118 valence electrons. The Bertz CT molecular complexity index is 960. The molecule has 0 spiro atoms. The van der Waals surface area contributed by atoms with Crippen LogP contribution in [0.15, 0.2) is 61.2 Å². The molecule has 0 unspecified atom stereocenters. The molecule has 4 aromatic rings. The monoisotopic (exact) mass is 334 g/mol. The molecule has 0 saturated heterocycles. The van der Waals surface area contributed by atoms with Crippen molar-refractivity contribution in [1.82, 2.24) is 24.1 Å². The van der Waals surface area contributed by atoms with E-state index in [0.29, 0.717) is 0 Å². The van der Waals surface area contributed by atoms with E-state index in [-0.39, 0.29) is 0 Å². The van der Waals surface area contributed by atoms with Gasteiger partial charge in [-0.25, -0.2) is 4.68 Å². The van der Waals surface area contributed by atoms with Gasteiger partial charge in [0.15, 0.2) is 5.82 Å². The zero-order valence-electron chi connectivity index (χ0n) is 12.9. The third kappa shape index (κ3) is 3.02. The predicted molar refractivity (Wildman–Crippen MR) is 94.7 cm³/mol. The fraction of sp³-hybridized carbons (Fsp3) is 0.0588. The Morgan fingerprint density at radius 2 is 2.00 bits per heavy atom. The maximum Gasteiger partial charge on any atom is 0.207 e. The van der Waals surface area contributed by atoms with Crippen molar-refractivity contribution < 1.29 is 0 Å². The van der Waals surface area contributed by atoms with Crippen LogP contribution >= 0.6 is 11.5 Å². The van der Waals surface area contributed by atoms with Crippen LogP contribution in [0.3, 0.4) is 0 Å². The number of rotatable bonds is 4. The molecule has 6 nitrogen and oxygen atoms in total. The van der Waals surface area contributed by atoms with E-state index in [1.807, 2.05) is 30.5 Å². The van der Waals surface area contributed by atoms with Gasteiger partial charge in [-0.3, -0.25) is 4.98 Å². The van der Waals surface area contributed by atoms with Gasteiger partial charge in [-0.1, -0.05) is 23.8 Å². The maximum absolute atomic E-state index is 4.55. The van der Waals surface area contributed by atoms with E-state index in [0.717, 1.165) is 27.9 Å². The predicted octanol–water partition coefficient (Wildman–Crippen LogP) is 3.84. The first-order valence-corrected chi connectivity index (χ1v) is 8.18. The summed E-state index contributed by atoms with van der Waals surface area (Å²) in [4.78, 5) is 8.56. The molecular formula is C17H14N6S. The van der Waals surface area contributed by atoms with Gasteiger partial charge in [0.1, 0.15) is 0 Å². The fourth-order valence-corrected chi connectivity index (χ4v) is 2.93. The molecule has 0 radical (unpaired) electrons. The van der Waals surface area contributed by atoms with E-state index < -0.39 is 0 Å². The van der Waals surface area contributed by atoms with Gasteiger partial charge in [0.2, 0.25) is 5.13 Å². The van der Waals surface area contributed by atoms with Crippen LogP contribution in [-0.4, -0.2) is 24.1 Å². The molecule has 3 heterocycles. The lowest BCUT2D eigenvalue weighted by Gasteiger charge is -1.99. The third-order valence-electron chi connectivity index (χ3n) is 3.46. The average molecular weight is 334 g/mol. The molecule has 0 aliphatic carbocycles. The summed E-state index contributed by atoms with van der Waals surface area (Å²) < 4.78 is 6.21. The molecule has 1 N–H and O–H groups in total. The second-order valence-corrected chi connectivity index (χ2v) is 6.05. The number of nitrogens with zero attached hydrogens (tertiary/aromatic N) is 5. The third-order valence-corrected chi connectivity index (χ3v) is 4.09. The van der Waals surface area contributed by atoms with Crippen molar-refractivity contribution in [3.05, 3.63) is 66.7 Å². The van der Waals surface area contributed by atoms with Gasteiger partial charge in [-0.15, -0.1) is 0 Å². The zero-order valence-corrected chi connectivity index (χ0v) is 13.7. The van der Waals surface area contributed by atoms with E-state index >= 15 is 0 Å². The summed E-state index contributed by atoms with van der Waals surface area (Å²) in [6.45, 7) is 2.06. The second-order valence-electron chi connectivity index (χ2n) is 5.30. The van der Waals surface area contributed by atoms with Gasteiger partial charge in [0.05, 0.1) is 23.8 Å². The molecule has 0 aliphatic heterocycles. The molecule has 7 heteroatoms. The summed E-state index contributed by atoms with van der Waals surface area (Å²) in [5, 5.41) is 8.32. The van der Waals surface area contributed by atoms with Gasteiger partial charge >= 0.3 is 0 Å². The number of hydrogen-bond donors (Lipinski definition) is 1. The van der Waals surface area contributed by atoms with Crippen molar-refractivity contribution in [2.24, 2.45) is 0 Å². The molecule has 0 bridgehead atoms. The lowest BCUT2D eigenvalue weighted by atomic mass is 10.1. The van der Waals surface area contributed by atoms with Crippen molar-refractivity contribution in [3.8, 4) is 17.1 Å². The number of anilines is 2. The molecule has 3 aromatic heterocycles. The van der Waals surface area contributed by atoms with Crippen LogP contribution < -0.4 is 5.32 Å². The Labute approximate surface area is 143 Å². The van der Waals surface area contributed by atoms with Crippen molar-refractivity contribution in [3.63, 3.8) is 0 Å². The highest BCUT2D eigenvalue weighted by molar-refractivity contribution is 7.09. The minimum absolute atomic E-state index is 0.729. The molecule has 0 fully saturated rings. The summed E-state index contributed by atoms with van der Waals surface area (Å²) in [5.41, 5.74) is 4.02. The average Bonchev–Trinajstić information content (AvgIpc) is 3.26. The smallest absolute Gasteiger partial charge is 0.207 e. The lowest BCUT2D eigenvalue weighted by Crippen LogP contribution is -1.93. The van der Waals surface area contributed by atoms with E-state index in [4.69, 9.17) is 0 Å². The molecule has 0 atom stereocenters. The number of aryl methyl sites for hydroxylation is 1. The first kappa shape index (κ1) is 14.5. The quantitative estimate of drug-likeness (QED) is 0.614. The summed E-state index contributed by atoms with van der Waals surface area (Å²) in [5.74, 6) is 0.729. The maximum atomic E-state index is 4.55. The van der Waals surface area contributed by atoms with Crippen LogP contribution in [0.4, 0.5) is 10.8 Å². The van der Waals surface area contributed by atoms with Crippen LogP contribution in [-0.2, 0) is 0 Å². The Balaban J connectivity index is 1.54. The summed E-state index contributed by atoms with van der Waals surface area (Å²) in [6.07, 6.45) is 7.14. The van der Waals surface area contributed by atoms with Crippen molar-refractivity contribution >= 4 is 22.4 Å². The van der Waals surface area contributed by atoms with Crippen molar-refractivity contribution in [2.45, 2.75) is 6.92 Å². The van der Waals surface area contributed by atoms with E-state index in [2.05, 4.69) is 43.8 Å². The van der Waals surface area contributed by atoms with Gasteiger partial charge in [-0.05, 0) is 25.1 Å². The Morgan fingerprint density at radius 1 is 1.12 bits per heavy atom. The zero-order chi connectivity index (χ0) is 16.4. The number of pyridine rings is 1. The molecule has 24 heavy (non-hydrogen) atoms. The highest BCUT2D eigenvalue weighted by atomic mass is 32.1. The van der Waals surface area contributed by atoms with Gasteiger partial charge < -0.3 is 5.32 Å². The van der Waals surface area contributed by atoms with E-state index in [1.54, 1.807) is 23.3 Å². The van der Waals surface area contributed by atoms with Crippen molar-refractivity contribution in [1.29, 1.82) is 0 Å². The second kappa shape index (κ2) is 6.21. The first-order chi connectivity index (χ1) is 11.8. The minimum Gasteiger partial charge on any atom is -0.328 e. The van der Waals surface area contributed by atoms with E-state index in [9.17, 15) is 0 Å². The number of nitrogens with one attached hydrogen (secondary N) is 1. The fourth-order valence-electron chi connectivity index (χ4n) is 2.32. The highest BCUT2D eigenvalue weighted by Gasteiger charge is 2.08. The molecular weight excluding hydrogens is 320 g/mol. The minimum atomic E-state index is 0.729. The largest absolute Gasteiger partial charge is 0.328 e. The molecule has 1 aromatic carbocycles. The van der Waals surface area contributed by atoms with Gasteiger partial charge in [0.25, 0.3) is 0 Å². The van der Waals surface area contributed by atoms with Gasteiger partial charge in [0, 0.05) is 29.5 Å². The Morgan fingerprint density at radius 3 is 2.83 bits per heavy atom. The van der Waals surface area contributed by atoms with Crippen LogP contribution in [0, 0.1) is 6.92 Å². The summed E-state index contributed by atoms with van der Waals surface area (Å²) >= 11 is 1.33.